The molecular formula is C12H15NO3. The molecule has 4 nitrogen and oxygen atoms in total. The second-order valence-corrected chi connectivity index (χ2v) is 3.83. The van der Waals surface area contributed by atoms with Crippen LogP contribution in [0.1, 0.15) is 5.56 Å². The van der Waals surface area contributed by atoms with Gasteiger partial charge in [0.15, 0.2) is 0 Å². The summed E-state index contributed by atoms with van der Waals surface area (Å²) in [7, 11) is 0. The molecule has 0 saturated carbocycles. The molecule has 0 amide bonds. The summed E-state index contributed by atoms with van der Waals surface area (Å²) in [5.41, 5.74) is 0.991. The second-order valence-electron chi connectivity index (χ2n) is 3.83. The molecule has 4 heteroatoms. The van der Waals surface area contributed by atoms with E-state index in [-0.39, 0.29) is 18.6 Å². The molecule has 0 radical (unpaired) electrons. The van der Waals surface area contributed by atoms with Crippen molar-refractivity contribution in [3.05, 3.63) is 35.9 Å². The summed E-state index contributed by atoms with van der Waals surface area (Å²) in [6.45, 7) is 1.66. The maximum absolute atomic E-state index is 11.5. The molecule has 1 aliphatic heterocycles. The predicted molar refractivity (Wildman–Crippen MR) is 58.7 cm³/mol. The van der Waals surface area contributed by atoms with E-state index in [1.807, 2.05) is 35.2 Å². The number of rotatable bonds is 5. The van der Waals surface area contributed by atoms with Gasteiger partial charge in [-0.2, -0.15) is 0 Å². The SMILES string of the molecule is O=C(OCc1ccccc1)[C@@H]1CN1CCO. The molecule has 16 heavy (non-hydrogen) atoms. The van der Waals surface area contributed by atoms with Crippen LogP contribution in [-0.4, -0.2) is 41.7 Å². The molecule has 1 aromatic rings. The van der Waals surface area contributed by atoms with Crippen molar-refractivity contribution < 1.29 is 14.6 Å². The molecule has 2 rings (SSSR count). The molecule has 0 aliphatic carbocycles. The zero-order chi connectivity index (χ0) is 11.4. The van der Waals surface area contributed by atoms with E-state index in [9.17, 15) is 4.79 Å². The lowest BCUT2D eigenvalue weighted by Crippen LogP contribution is -2.18. The Bertz CT molecular complexity index is 353. The van der Waals surface area contributed by atoms with E-state index in [1.54, 1.807) is 0 Å². The lowest BCUT2D eigenvalue weighted by atomic mass is 10.2. The summed E-state index contributed by atoms with van der Waals surface area (Å²) in [6.07, 6.45) is 0. The molecule has 1 saturated heterocycles. The highest BCUT2D eigenvalue weighted by molar-refractivity contribution is 5.79. The Hall–Kier alpha value is -1.39. The van der Waals surface area contributed by atoms with Crippen LogP contribution >= 0.6 is 0 Å². The highest BCUT2D eigenvalue weighted by Gasteiger charge is 2.40. The van der Waals surface area contributed by atoms with Crippen molar-refractivity contribution in [3.63, 3.8) is 0 Å². The molecule has 1 aromatic carbocycles. The van der Waals surface area contributed by atoms with E-state index in [0.717, 1.165) is 5.56 Å². The number of aliphatic hydroxyl groups is 1. The van der Waals surface area contributed by atoms with Gasteiger partial charge in [-0.05, 0) is 5.56 Å². The van der Waals surface area contributed by atoms with Crippen LogP contribution in [0.4, 0.5) is 0 Å². The fourth-order valence-corrected chi connectivity index (χ4v) is 1.60. The summed E-state index contributed by atoms with van der Waals surface area (Å²) in [6, 6.07) is 9.46. The molecule has 1 fully saturated rings. The number of hydrogen-bond acceptors (Lipinski definition) is 4. The third-order valence-corrected chi connectivity index (χ3v) is 2.60. The van der Waals surface area contributed by atoms with Gasteiger partial charge >= 0.3 is 5.97 Å². The number of ether oxygens (including phenoxy) is 1. The Labute approximate surface area is 94.4 Å². The summed E-state index contributed by atoms with van der Waals surface area (Å²) in [4.78, 5) is 13.4. The van der Waals surface area contributed by atoms with E-state index in [2.05, 4.69) is 0 Å². The summed E-state index contributed by atoms with van der Waals surface area (Å²) in [5.74, 6) is -0.197. The lowest BCUT2D eigenvalue weighted by Gasteiger charge is -2.04. The standard InChI is InChI=1S/C12H15NO3/c14-7-6-13-8-11(13)12(15)16-9-10-4-2-1-3-5-10/h1-5,11,14H,6-9H2/t11-,13?/m0/s1. The van der Waals surface area contributed by atoms with Gasteiger partial charge in [0.1, 0.15) is 12.6 Å². The number of carbonyl (C=O) groups is 1. The highest BCUT2D eigenvalue weighted by Crippen LogP contribution is 2.18. The minimum absolute atomic E-state index is 0.0858. The Morgan fingerprint density at radius 3 is 2.88 bits per heavy atom. The molecule has 0 spiro atoms. The molecule has 1 heterocycles. The van der Waals surface area contributed by atoms with Crippen LogP contribution in [0, 0.1) is 0 Å². The zero-order valence-electron chi connectivity index (χ0n) is 9.00. The van der Waals surface area contributed by atoms with Crippen LogP contribution in [-0.2, 0) is 16.1 Å². The molecule has 0 aromatic heterocycles. The summed E-state index contributed by atoms with van der Waals surface area (Å²) < 4.78 is 5.17. The topological polar surface area (TPSA) is 49.5 Å². The molecule has 0 bridgehead atoms. The maximum Gasteiger partial charge on any atom is 0.325 e. The Kier molecular flexibility index (Phi) is 3.54. The number of β-amino-alcohol motifs (C(OH)–C–C–N with tert-alkyl or cyclic N) is 1. The van der Waals surface area contributed by atoms with Crippen LogP contribution in [0.15, 0.2) is 30.3 Å². The number of carbonyl (C=O) groups excluding carboxylic acids is 1. The van der Waals surface area contributed by atoms with Gasteiger partial charge in [0.2, 0.25) is 0 Å². The third kappa shape index (κ3) is 2.81. The fourth-order valence-electron chi connectivity index (χ4n) is 1.60. The van der Waals surface area contributed by atoms with Gasteiger partial charge in [0, 0.05) is 13.1 Å². The first-order valence-corrected chi connectivity index (χ1v) is 5.36. The first kappa shape index (κ1) is 11.1. The van der Waals surface area contributed by atoms with Crippen molar-refractivity contribution in [2.24, 2.45) is 0 Å². The normalized spacial score (nSPS) is 22.8. The first-order chi connectivity index (χ1) is 7.81. The van der Waals surface area contributed by atoms with Crippen LogP contribution in [0.25, 0.3) is 0 Å². The van der Waals surface area contributed by atoms with E-state index >= 15 is 0 Å². The van der Waals surface area contributed by atoms with E-state index in [1.165, 1.54) is 0 Å². The molecule has 1 aliphatic rings. The average Bonchev–Trinajstić information content (AvgIpc) is 3.07. The number of benzene rings is 1. The number of aliphatic hydroxyl groups excluding tert-OH is 1. The van der Waals surface area contributed by atoms with E-state index in [4.69, 9.17) is 9.84 Å². The van der Waals surface area contributed by atoms with Crippen molar-refractivity contribution in [2.75, 3.05) is 19.7 Å². The van der Waals surface area contributed by atoms with Crippen molar-refractivity contribution in [1.29, 1.82) is 0 Å². The minimum atomic E-state index is -0.197. The molecule has 2 atom stereocenters. The monoisotopic (exact) mass is 221 g/mol. The first-order valence-electron chi connectivity index (χ1n) is 5.36. The van der Waals surface area contributed by atoms with Gasteiger partial charge in [-0.25, -0.2) is 0 Å². The summed E-state index contributed by atoms with van der Waals surface area (Å²) >= 11 is 0. The minimum Gasteiger partial charge on any atom is -0.460 e. The zero-order valence-corrected chi connectivity index (χ0v) is 9.00. The number of hydrogen-bond donors (Lipinski definition) is 1. The Morgan fingerprint density at radius 2 is 2.19 bits per heavy atom. The van der Waals surface area contributed by atoms with Crippen molar-refractivity contribution >= 4 is 5.97 Å². The van der Waals surface area contributed by atoms with Crippen molar-refractivity contribution in [1.82, 2.24) is 4.90 Å². The van der Waals surface area contributed by atoms with E-state index in [0.29, 0.717) is 19.7 Å². The van der Waals surface area contributed by atoms with Gasteiger partial charge < -0.3 is 9.84 Å². The van der Waals surface area contributed by atoms with Gasteiger partial charge in [-0.1, -0.05) is 30.3 Å². The van der Waals surface area contributed by atoms with Gasteiger partial charge in [-0.3, -0.25) is 9.69 Å². The van der Waals surface area contributed by atoms with Crippen LogP contribution in [0.2, 0.25) is 0 Å². The number of nitrogens with zero attached hydrogens (tertiary/aromatic N) is 1. The molecule has 86 valence electrons. The van der Waals surface area contributed by atoms with E-state index < -0.39 is 0 Å². The van der Waals surface area contributed by atoms with Gasteiger partial charge in [-0.15, -0.1) is 0 Å². The summed E-state index contributed by atoms with van der Waals surface area (Å²) in [5, 5.41) is 8.69. The fraction of sp³-hybridized carbons (Fsp3) is 0.417. The average molecular weight is 221 g/mol. The number of esters is 1. The van der Waals surface area contributed by atoms with Crippen molar-refractivity contribution in [3.8, 4) is 0 Å². The van der Waals surface area contributed by atoms with Gasteiger partial charge in [0.25, 0.3) is 0 Å². The Morgan fingerprint density at radius 1 is 1.44 bits per heavy atom. The third-order valence-electron chi connectivity index (χ3n) is 2.60. The second kappa shape index (κ2) is 5.09. The highest BCUT2D eigenvalue weighted by atomic mass is 16.5. The van der Waals surface area contributed by atoms with Crippen molar-refractivity contribution in [2.45, 2.75) is 12.6 Å². The quantitative estimate of drug-likeness (QED) is 0.578. The van der Waals surface area contributed by atoms with Gasteiger partial charge in [0.05, 0.1) is 6.61 Å². The van der Waals surface area contributed by atoms with Crippen LogP contribution in [0.3, 0.4) is 0 Å². The molecule has 1 N–H and O–H groups in total. The maximum atomic E-state index is 11.5. The molecular weight excluding hydrogens is 206 g/mol. The molecule has 1 unspecified atom stereocenters. The predicted octanol–water partition coefficient (Wildman–Crippen LogP) is 0.406. The van der Waals surface area contributed by atoms with Crippen LogP contribution < -0.4 is 0 Å². The lowest BCUT2D eigenvalue weighted by molar-refractivity contribution is -0.145. The van der Waals surface area contributed by atoms with Crippen LogP contribution in [0.5, 0.6) is 0 Å². The largest absolute Gasteiger partial charge is 0.460 e. The smallest absolute Gasteiger partial charge is 0.325 e. The Balaban J connectivity index is 1.73.